The lowest BCUT2D eigenvalue weighted by atomic mass is 10.2. The van der Waals surface area contributed by atoms with Gasteiger partial charge < -0.3 is 9.94 Å². The fourth-order valence-corrected chi connectivity index (χ4v) is 6.17. The van der Waals surface area contributed by atoms with Crippen molar-refractivity contribution in [1.82, 2.24) is 4.98 Å². The number of ether oxygens (including phenoxy) is 1. The van der Waals surface area contributed by atoms with Crippen molar-refractivity contribution in [3.05, 3.63) is 40.8 Å². The van der Waals surface area contributed by atoms with Gasteiger partial charge in [-0.25, -0.2) is 26.7 Å². The lowest BCUT2D eigenvalue weighted by Gasteiger charge is -2.23. The van der Waals surface area contributed by atoms with Crippen LogP contribution >= 0.6 is 20.1 Å². The minimum Gasteiger partial charge on any atom is -0.455 e. The summed E-state index contributed by atoms with van der Waals surface area (Å²) < 4.78 is 46.5. The van der Waals surface area contributed by atoms with Crippen LogP contribution in [0.15, 0.2) is 33.8 Å². The third-order valence-electron chi connectivity index (χ3n) is 3.24. The van der Waals surface area contributed by atoms with E-state index in [0.29, 0.717) is 0 Å². The minimum atomic E-state index is -4.17. The van der Waals surface area contributed by atoms with Gasteiger partial charge in [0.1, 0.15) is 16.4 Å². The molecule has 1 N–H and O–H groups in total. The summed E-state index contributed by atoms with van der Waals surface area (Å²) in [6, 6.07) is 3.20. The first kappa shape index (κ1) is 22.2. The largest absolute Gasteiger partial charge is 0.455 e. The van der Waals surface area contributed by atoms with Crippen molar-refractivity contribution in [3.8, 4) is 0 Å². The highest BCUT2D eigenvalue weighted by atomic mass is 32.2. The second-order valence-corrected chi connectivity index (χ2v) is 10.3. The third kappa shape index (κ3) is 4.84. The Morgan fingerprint density at radius 3 is 2.64 bits per heavy atom. The molecule has 2 aromatic rings. The fraction of sp³-hybridized carbons (Fsp3) is 0.312. The van der Waals surface area contributed by atoms with E-state index < -0.39 is 27.4 Å². The monoisotopic (exact) mass is 447 g/mol. The second-order valence-electron chi connectivity index (χ2n) is 6.43. The quantitative estimate of drug-likeness (QED) is 0.239. The first-order valence-electron chi connectivity index (χ1n) is 7.88. The molecule has 0 radical (unpaired) electrons. The van der Waals surface area contributed by atoms with Crippen molar-refractivity contribution in [2.75, 3.05) is 10.7 Å². The van der Waals surface area contributed by atoms with Crippen LogP contribution in [0.2, 0.25) is 0 Å². The maximum absolute atomic E-state index is 14.1. The SMILES string of the molecule is CPN(c1scnc1C(=O)OC(C)(C)C)S(=O)(=O)c1ccc(/C=N/O)c(F)c1. The number of anilines is 1. The molecule has 1 aromatic carbocycles. The van der Waals surface area contributed by atoms with E-state index in [-0.39, 0.29) is 29.9 Å². The van der Waals surface area contributed by atoms with Crippen LogP contribution in [0.5, 0.6) is 0 Å². The van der Waals surface area contributed by atoms with E-state index in [1.807, 2.05) is 0 Å². The van der Waals surface area contributed by atoms with Gasteiger partial charge in [-0.1, -0.05) is 5.16 Å². The van der Waals surface area contributed by atoms with Crippen LogP contribution in [-0.2, 0) is 14.8 Å². The van der Waals surface area contributed by atoms with Gasteiger partial charge in [0, 0.05) is 5.56 Å². The number of hydrogen-bond donors (Lipinski definition) is 1. The van der Waals surface area contributed by atoms with E-state index in [2.05, 4.69) is 10.1 Å². The maximum atomic E-state index is 14.1. The Balaban J connectivity index is 2.47. The summed E-state index contributed by atoms with van der Waals surface area (Å²) in [7, 11) is -4.46. The number of rotatable bonds is 6. The fourth-order valence-electron chi connectivity index (χ4n) is 2.12. The van der Waals surface area contributed by atoms with E-state index in [0.717, 1.165) is 27.7 Å². The number of thiazole rings is 1. The van der Waals surface area contributed by atoms with Gasteiger partial charge in [-0.05, 0) is 54.4 Å². The van der Waals surface area contributed by atoms with Crippen molar-refractivity contribution < 1.29 is 27.5 Å². The summed E-state index contributed by atoms with van der Waals surface area (Å²) >= 11 is 0.967. The highest BCUT2D eigenvalue weighted by Crippen LogP contribution is 2.38. The molecular weight excluding hydrogens is 428 g/mol. The van der Waals surface area contributed by atoms with Gasteiger partial charge in [0.15, 0.2) is 5.69 Å². The zero-order valence-electron chi connectivity index (χ0n) is 15.5. The molecular formula is C16H19FN3O5PS2. The average molecular weight is 447 g/mol. The summed E-state index contributed by atoms with van der Waals surface area (Å²) in [6.45, 7) is 6.67. The van der Waals surface area contributed by atoms with Gasteiger partial charge in [0.25, 0.3) is 10.0 Å². The number of carbonyl (C=O) groups excluding carboxylic acids is 1. The molecule has 8 nitrogen and oxygen atoms in total. The Morgan fingerprint density at radius 1 is 1.43 bits per heavy atom. The van der Waals surface area contributed by atoms with Crippen LogP contribution < -0.4 is 4.08 Å². The molecule has 28 heavy (non-hydrogen) atoms. The minimum absolute atomic E-state index is 0.0702. The molecule has 0 amide bonds. The number of carbonyl (C=O) groups is 1. The molecule has 0 aliphatic rings. The van der Waals surface area contributed by atoms with E-state index >= 15 is 0 Å². The predicted octanol–water partition coefficient (Wildman–Crippen LogP) is 3.46. The number of hydrogen-bond acceptors (Lipinski definition) is 8. The number of oxime groups is 1. The van der Waals surface area contributed by atoms with Crippen LogP contribution in [0.4, 0.5) is 9.39 Å². The third-order valence-corrected chi connectivity index (χ3v) is 7.73. The standard InChI is InChI=1S/C16H19FN3O5PS2/c1-16(2,3)25-15(21)13-14(27-9-18-13)20(26-4)28(23,24)11-6-5-10(8-19-22)12(17)7-11/h5-9,22,26H,1-4H3/b19-8+. The first-order chi connectivity index (χ1) is 13.0. The molecule has 0 saturated heterocycles. The predicted molar refractivity (Wildman–Crippen MR) is 107 cm³/mol. The van der Waals surface area contributed by atoms with Crippen molar-refractivity contribution in [3.63, 3.8) is 0 Å². The van der Waals surface area contributed by atoms with E-state index in [4.69, 9.17) is 9.94 Å². The van der Waals surface area contributed by atoms with Gasteiger partial charge in [0.2, 0.25) is 0 Å². The number of esters is 1. The molecule has 0 bridgehead atoms. The number of nitrogens with zero attached hydrogens (tertiary/aromatic N) is 3. The smallest absolute Gasteiger partial charge is 0.360 e. The Labute approximate surface area is 167 Å². The molecule has 1 aromatic heterocycles. The first-order valence-corrected chi connectivity index (χ1v) is 11.6. The molecule has 1 atom stereocenters. The lowest BCUT2D eigenvalue weighted by Crippen LogP contribution is -2.27. The summed E-state index contributed by atoms with van der Waals surface area (Å²) in [5.74, 6) is -1.61. The van der Waals surface area contributed by atoms with Gasteiger partial charge in [-0.2, -0.15) is 0 Å². The molecule has 1 unspecified atom stereocenters. The molecule has 2 rings (SSSR count). The Bertz CT molecular complexity index is 1000. The summed E-state index contributed by atoms with van der Waals surface area (Å²) in [4.78, 5) is 16.1. The topological polar surface area (TPSA) is 109 Å². The van der Waals surface area contributed by atoms with E-state index in [1.165, 1.54) is 17.6 Å². The Hall–Kier alpha value is -2.10. The summed E-state index contributed by atoms with van der Waals surface area (Å²) in [5, 5.41) is 11.3. The number of benzene rings is 1. The van der Waals surface area contributed by atoms with Crippen LogP contribution in [-0.4, -0.2) is 43.1 Å². The van der Waals surface area contributed by atoms with Gasteiger partial charge in [-0.3, -0.25) is 0 Å². The highest BCUT2D eigenvalue weighted by Gasteiger charge is 2.32. The van der Waals surface area contributed by atoms with Crippen LogP contribution in [0, 0.1) is 5.82 Å². The molecule has 0 aliphatic heterocycles. The molecule has 152 valence electrons. The molecule has 0 aliphatic carbocycles. The van der Waals surface area contributed by atoms with Crippen LogP contribution in [0.3, 0.4) is 0 Å². The van der Waals surface area contributed by atoms with Crippen molar-refractivity contribution in [2.45, 2.75) is 31.3 Å². The zero-order valence-corrected chi connectivity index (χ0v) is 18.1. The molecule has 0 fully saturated rings. The Kier molecular flexibility index (Phi) is 6.74. The number of halogens is 1. The second kappa shape index (κ2) is 8.50. The zero-order chi connectivity index (χ0) is 21.1. The average Bonchev–Trinajstić information content (AvgIpc) is 3.05. The number of aromatic nitrogens is 1. The molecule has 1 heterocycles. The Morgan fingerprint density at radius 2 is 2.11 bits per heavy atom. The molecule has 0 spiro atoms. The van der Waals surface area contributed by atoms with Crippen LogP contribution in [0.25, 0.3) is 0 Å². The maximum Gasteiger partial charge on any atom is 0.360 e. The lowest BCUT2D eigenvalue weighted by molar-refractivity contribution is 0.00648. The molecule has 0 saturated carbocycles. The number of sulfonamides is 1. The van der Waals surface area contributed by atoms with Gasteiger partial charge in [0.05, 0.1) is 16.6 Å². The van der Waals surface area contributed by atoms with E-state index in [1.54, 1.807) is 27.4 Å². The summed E-state index contributed by atoms with van der Waals surface area (Å²) in [6.07, 6.45) is 0.856. The highest BCUT2D eigenvalue weighted by molar-refractivity contribution is 7.98. The van der Waals surface area contributed by atoms with Crippen molar-refractivity contribution >= 4 is 47.3 Å². The van der Waals surface area contributed by atoms with E-state index in [9.17, 15) is 17.6 Å². The van der Waals surface area contributed by atoms with Crippen molar-refractivity contribution in [1.29, 1.82) is 0 Å². The van der Waals surface area contributed by atoms with Crippen LogP contribution in [0.1, 0.15) is 36.8 Å². The summed E-state index contributed by atoms with van der Waals surface area (Å²) in [5.41, 5.74) is 0.378. The van der Waals surface area contributed by atoms with Crippen molar-refractivity contribution in [2.24, 2.45) is 5.16 Å². The normalized spacial score (nSPS) is 12.8. The van der Waals surface area contributed by atoms with Gasteiger partial charge >= 0.3 is 5.97 Å². The molecule has 12 heteroatoms. The van der Waals surface area contributed by atoms with Gasteiger partial charge in [-0.15, -0.1) is 11.3 Å².